The first-order chi connectivity index (χ1) is 10.2. The van der Waals surface area contributed by atoms with Gasteiger partial charge in [0.2, 0.25) is 5.91 Å². The summed E-state index contributed by atoms with van der Waals surface area (Å²) in [6.45, 7) is 2.64. The summed E-state index contributed by atoms with van der Waals surface area (Å²) in [6.07, 6.45) is 1.32. The zero-order valence-electron chi connectivity index (χ0n) is 12.5. The van der Waals surface area contributed by atoms with Gasteiger partial charge in [0.25, 0.3) is 5.91 Å². The van der Waals surface area contributed by atoms with E-state index in [4.69, 9.17) is 9.47 Å². The van der Waals surface area contributed by atoms with Crippen LogP contribution in [-0.4, -0.2) is 38.6 Å². The van der Waals surface area contributed by atoms with Crippen molar-refractivity contribution >= 4 is 11.8 Å². The van der Waals surface area contributed by atoms with Crippen LogP contribution >= 0.6 is 0 Å². The molecule has 0 unspecified atom stereocenters. The maximum atomic E-state index is 11.6. The minimum absolute atomic E-state index is 0.00276. The maximum Gasteiger partial charge on any atom is 0.258 e. The fourth-order valence-corrected chi connectivity index (χ4v) is 1.65. The largest absolute Gasteiger partial charge is 0.493 e. The molecule has 0 heterocycles. The van der Waals surface area contributed by atoms with Crippen molar-refractivity contribution in [3.05, 3.63) is 24.3 Å². The number of ether oxygens (including phenoxy) is 2. The molecule has 0 saturated carbocycles. The number of hydrogen-bond donors (Lipinski definition) is 2. The molecule has 0 fully saturated rings. The second-order valence-electron chi connectivity index (χ2n) is 4.39. The minimum atomic E-state index is -0.245. The molecule has 6 nitrogen and oxygen atoms in total. The van der Waals surface area contributed by atoms with E-state index in [1.165, 1.54) is 0 Å². The number of carbonyl (C=O) groups is 2. The first-order valence-corrected chi connectivity index (χ1v) is 6.96. The zero-order valence-corrected chi connectivity index (χ0v) is 12.5. The summed E-state index contributed by atoms with van der Waals surface area (Å²) in [4.78, 5) is 22.8. The van der Waals surface area contributed by atoms with Crippen LogP contribution in [0, 0.1) is 0 Å². The molecule has 1 aromatic rings. The third-order valence-corrected chi connectivity index (χ3v) is 2.67. The summed E-state index contributed by atoms with van der Waals surface area (Å²) in [5.41, 5.74) is 0. The van der Waals surface area contributed by atoms with Gasteiger partial charge in [-0.05, 0) is 18.6 Å². The normalized spacial score (nSPS) is 9.81. The van der Waals surface area contributed by atoms with E-state index in [0.29, 0.717) is 31.0 Å². The molecule has 1 rings (SSSR count). The van der Waals surface area contributed by atoms with Gasteiger partial charge in [0, 0.05) is 19.5 Å². The standard InChI is InChI=1S/C15H22N2O4/c1-3-6-14(18)16-9-10-17-15(19)11-21-13-8-5-4-7-12(13)20-2/h4-5,7-8H,3,6,9-11H2,1-2H3,(H,16,18)(H,17,19). The van der Waals surface area contributed by atoms with Gasteiger partial charge in [-0.1, -0.05) is 19.1 Å². The summed E-state index contributed by atoms with van der Waals surface area (Å²) < 4.78 is 10.5. The zero-order chi connectivity index (χ0) is 15.5. The Morgan fingerprint density at radius 3 is 2.29 bits per heavy atom. The Bertz CT molecular complexity index is 463. The molecule has 0 spiro atoms. The highest BCUT2D eigenvalue weighted by molar-refractivity contribution is 5.78. The fraction of sp³-hybridized carbons (Fsp3) is 0.467. The molecule has 0 aliphatic carbocycles. The van der Waals surface area contributed by atoms with Gasteiger partial charge in [-0.3, -0.25) is 9.59 Å². The van der Waals surface area contributed by atoms with Gasteiger partial charge < -0.3 is 20.1 Å². The van der Waals surface area contributed by atoms with Crippen LogP contribution in [0.1, 0.15) is 19.8 Å². The van der Waals surface area contributed by atoms with E-state index in [1.54, 1.807) is 25.3 Å². The summed E-state index contributed by atoms with van der Waals surface area (Å²) in [6, 6.07) is 7.12. The van der Waals surface area contributed by atoms with E-state index in [1.807, 2.05) is 13.0 Å². The van der Waals surface area contributed by atoms with Crippen LogP contribution in [0.3, 0.4) is 0 Å². The van der Waals surface area contributed by atoms with Gasteiger partial charge in [-0.15, -0.1) is 0 Å². The molecule has 0 bridgehead atoms. The van der Waals surface area contributed by atoms with Gasteiger partial charge in [0.05, 0.1) is 7.11 Å². The first-order valence-electron chi connectivity index (χ1n) is 6.96. The van der Waals surface area contributed by atoms with Crippen LogP contribution in [0.25, 0.3) is 0 Å². The van der Waals surface area contributed by atoms with E-state index >= 15 is 0 Å². The molecule has 0 aliphatic rings. The molecule has 0 atom stereocenters. The first kappa shape index (κ1) is 16.8. The molecule has 0 aliphatic heterocycles. The molecule has 1 aromatic carbocycles. The van der Waals surface area contributed by atoms with Gasteiger partial charge in [-0.25, -0.2) is 0 Å². The molecule has 0 saturated heterocycles. The highest BCUT2D eigenvalue weighted by Gasteiger charge is 2.06. The second-order valence-corrected chi connectivity index (χ2v) is 4.39. The molecule has 21 heavy (non-hydrogen) atoms. The average molecular weight is 294 g/mol. The van der Waals surface area contributed by atoms with Crippen LogP contribution in [-0.2, 0) is 9.59 Å². The molecule has 0 radical (unpaired) electrons. The van der Waals surface area contributed by atoms with E-state index in [0.717, 1.165) is 6.42 Å². The van der Waals surface area contributed by atoms with Crippen molar-refractivity contribution in [1.82, 2.24) is 10.6 Å². The van der Waals surface area contributed by atoms with Crippen LogP contribution in [0.4, 0.5) is 0 Å². The lowest BCUT2D eigenvalue weighted by Crippen LogP contribution is -2.36. The molecule has 2 N–H and O–H groups in total. The van der Waals surface area contributed by atoms with Crippen LogP contribution < -0.4 is 20.1 Å². The summed E-state index contributed by atoms with van der Waals surface area (Å²) >= 11 is 0. The van der Waals surface area contributed by atoms with E-state index in [2.05, 4.69) is 10.6 Å². The smallest absolute Gasteiger partial charge is 0.258 e. The number of amides is 2. The Hall–Kier alpha value is -2.24. The van der Waals surface area contributed by atoms with Crippen molar-refractivity contribution in [2.24, 2.45) is 0 Å². The Labute approximate surface area is 124 Å². The minimum Gasteiger partial charge on any atom is -0.493 e. The Morgan fingerprint density at radius 2 is 1.67 bits per heavy atom. The number of para-hydroxylation sites is 2. The third kappa shape index (κ3) is 6.65. The Balaban J connectivity index is 2.21. The van der Waals surface area contributed by atoms with Crippen molar-refractivity contribution in [1.29, 1.82) is 0 Å². The molecular weight excluding hydrogens is 272 g/mol. The number of methoxy groups -OCH3 is 1. The van der Waals surface area contributed by atoms with Gasteiger partial charge >= 0.3 is 0 Å². The lowest BCUT2D eigenvalue weighted by molar-refractivity contribution is -0.124. The Kier molecular flexibility index (Phi) is 7.71. The lowest BCUT2D eigenvalue weighted by Gasteiger charge is -2.10. The highest BCUT2D eigenvalue weighted by Crippen LogP contribution is 2.25. The van der Waals surface area contributed by atoms with Gasteiger partial charge in [0.1, 0.15) is 0 Å². The second kappa shape index (κ2) is 9.63. The third-order valence-electron chi connectivity index (χ3n) is 2.67. The molecular formula is C15H22N2O4. The van der Waals surface area contributed by atoms with Gasteiger partial charge in [-0.2, -0.15) is 0 Å². The van der Waals surface area contributed by atoms with Crippen LogP contribution in [0.5, 0.6) is 11.5 Å². The quantitative estimate of drug-likeness (QED) is 0.669. The predicted molar refractivity (Wildman–Crippen MR) is 79.4 cm³/mol. The lowest BCUT2D eigenvalue weighted by atomic mass is 10.3. The van der Waals surface area contributed by atoms with Crippen LogP contribution in [0.2, 0.25) is 0 Å². The van der Waals surface area contributed by atoms with Gasteiger partial charge in [0.15, 0.2) is 18.1 Å². The molecule has 6 heteroatoms. The van der Waals surface area contributed by atoms with Crippen molar-refractivity contribution in [2.75, 3.05) is 26.8 Å². The molecule has 0 aromatic heterocycles. The SMILES string of the molecule is CCCC(=O)NCCNC(=O)COc1ccccc1OC. The predicted octanol–water partition coefficient (Wildman–Crippen LogP) is 1.11. The number of carbonyl (C=O) groups excluding carboxylic acids is 2. The average Bonchev–Trinajstić information content (AvgIpc) is 2.50. The monoisotopic (exact) mass is 294 g/mol. The Morgan fingerprint density at radius 1 is 1.05 bits per heavy atom. The van der Waals surface area contributed by atoms with Crippen molar-refractivity contribution in [3.63, 3.8) is 0 Å². The summed E-state index contributed by atoms with van der Waals surface area (Å²) in [5.74, 6) is 0.853. The topological polar surface area (TPSA) is 76.7 Å². The van der Waals surface area contributed by atoms with E-state index < -0.39 is 0 Å². The summed E-state index contributed by atoms with van der Waals surface area (Å²) in [7, 11) is 1.54. The molecule has 116 valence electrons. The molecule has 2 amide bonds. The van der Waals surface area contributed by atoms with E-state index in [9.17, 15) is 9.59 Å². The maximum absolute atomic E-state index is 11.6. The van der Waals surface area contributed by atoms with Crippen molar-refractivity contribution < 1.29 is 19.1 Å². The van der Waals surface area contributed by atoms with E-state index in [-0.39, 0.29) is 18.4 Å². The highest BCUT2D eigenvalue weighted by atomic mass is 16.5. The van der Waals surface area contributed by atoms with Crippen molar-refractivity contribution in [2.45, 2.75) is 19.8 Å². The number of benzene rings is 1. The van der Waals surface area contributed by atoms with Crippen LogP contribution in [0.15, 0.2) is 24.3 Å². The van der Waals surface area contributed by atoms with Crippen molar-refractivity contribution in [3.8, 4) is 11.5 Å². The fourth-order valence-electron chi connectivity index (χ4n) is 1.65. The number of hydrogen-bond acceptors (Lipinski definition) is 4. The summed E-state index contributed by atoms with van der Waals surface area (Å²) in [5, 5.41) is 5.38. The number of rotatable bonds is 9. The number of nitrogens with one attached hydrogen (secondary N) is 2.